The molecule has 0 saturated carbocycles. The van der Waals surface area contributed by atoms with Gasteiger partial charge in [0.2, 0.25) is 0 Å². The number of nitrogens with two attached hydrogens (primary N) is 1. The summed E-state index contributed by atoms with van der Waals surface area (Å²) >= 11 is 3.32. The molecule has 3 nitrogen and oxygen atoms in total. The van der Waals surface area contributed by atoms with E-state index in [1.54, 1.807) is 6.20 Å². The van der Waals surface area contributed by atoms with Crippen molar-refractivity contribution in [2.75, 3.05) is 29.1 Å². The van der Waals surface area contributed by atoms with Crippen LogP contribution in [0.4, 0.5) is 10.1 Å². The Hall–Kier alpha value is -0.680. The first-order chi connectivity index (χ1) is 6.33. The standard InChI is InChI=1S/C8H13N3S2/c1-2-4-12-5-3-10-8-11-6-7(9)13-8/h2,6H,1,3-5,9H2,(H,10,11). The number of hydrogen-bond acceptors (Lipinski definition) is 5. The van der Waals surface area contributed by atoms with Crippen molar-refractivity contribution in [2.24, 2.45) is 0 Å². The van der Waals surface area contributed by atoms with Gasteiger partial charge in [-0.2, -0.15) is 11.8 Å². The van der Waals surface area contributed by atoms with Crippen LogP contribution in [-0.4, -0.2) is 23.0 Å². The summed E-state index contributed by atoms with van der Waals surface area (Å²) < 4.78 is 0. The molecule has 0 atom stereocenters. The van der Waals surface area contributed by atoms with Gasteiger partial charge in [-0.15, -0.1) is 6.58 Å². The number of nitrogen functional groups attached to an aromatic ring is 1. The molecule has 0 aliphatic carbocycles. The third-order valence-corrected chi connectivity index (χ3v) is 3.03. The molecule has 5 heteroatoms. The zero-order valence-electron chi connectivity index (χ0n) is 7.32. The van der Waals surface area contributed by atoms with E-state index in [1.165, 1.54) is 11.3 Å². The molecule has 0 aliphatic heterocycles. The van der Waals surface area contributed by atoms with Crippen LogP contribution in [0.1, 0.15) is 0 Å². The quantitative estimate of drug-likeness (QED) is 0.563. The Balaban J connectivity index is 2.09. The summed E-state index contributed by atoms with van der Waals surface area (Å²) in [7, 11) is 0. The molecule has 1 aromatic heterocycles. The van der Waals surface area contributed by atoms with E-state index >= 15 is 0 Å². The maximum atomic E-state index is 5.53. The number of rotatable bonds is 6. The molecular weight excluding hydrogens is 202 g/mol. The molecule has 1 heterocycles. The van der Waals surface area contributed by atoms with E-state index < -0.39 is 0 Å². The summed E-state index contributed by atoms with van der Waals surface area (Å²) in [6, 6.07) is 0. The molecule has 0 radical (unpaired) electrons. The lowest BCUT2D eigenvalue weighted by Crippen LogP contribution is -2.03. The summed E-state index contributed by atoms with van der Waals surface area (Å²) in [6.07, 6.45) is 3.58. The molecule has 0 bridgehead atoms. The van der Waals surface area contributed by atoms with Crippen LogP contribution >= 0.6 is 23.1 Å². The smallest absolute Gasteiger partial charge is 0.184 e. The Bertz CT molecular complexity index is 260. The number of thiazole rings is 1. The first-order valence-corrected chi connectivity index (χ1v) is 5.94. The van der Waals surface area contributed by atoms with Gasteiger partial charge in [0.15, 0.2) is 5.13 Å². The number of hydrogen-bond donors (Lipinski definition) is 2. The highest BCUT2D eigenvalue weighted by atomic mass is 32.2. The molecule has 0 unspecified atom stereocenters. The first kappa shape index (κ1) is 10.4. The van der Waals surface area contributed by atoms with Crippen LogP contribution in [-0.2, 0) is 0 Å². The SMILES string of the molecule is C=CCSCCNc1ncc(N)s1. The second-order valence-corrected chi connectivity index (χ2v) is 4.57. The number of aromatic nitrogens is 1. The van der Waals surface area contributed by atoms with E-state index in [2.05, 4.69) is 16.9 Å². The van der Waals surface area contributed by atoms with Crippen LogP contribution in [0.25, 0.3) is 0 Å². The van der Waals surface area contributed by atoms with Crippen LogP contribution in [0, 0.1) is 0 Å². The zero-order valence-corrected chi connectivity index (χ0v) is 8.96. The monoisotopic (exact) mass is 215 g/mol. The van der Waals surface area contributed by atoms with E-state index in [0.29, 0.717) is 0 Å². The van der Waals surface area contributed by atoms with Crippen LogP contribution in [0.15, 0.2) is 18.9 Å². The Labute approximate surface area is 86.4 Å². The normalized spacial score (nSPS) is 9.85. The largest absolute Gasteiger partial charge is 0.389 e. The second-order valence-electron chi connectivity index (χ2n) is 2.36. The molecule has 1 aromatic rings. The Morgan fingerprint density at radius 1 is 1.77 bits per heavy atom. The number of nitrogens with zero attached hydrogens (tertiary/aromatic N) is 1. The summed E-state index contributed by atoms with van der Waals surface area (Å²) in [5.41, 5.74) is 5.53. The summed E-state index contributed by atoms with van der Waals surface area (Å²) in [5.74, 6) is 2.06. The Morgan fingerprint density at radius 2 is 2.62 bits per heavy atom. The fraction of sp³-hybridized carbons (Fsp3) is 0.375. The molecule has 0 aromatic carbocycles. The van der Waals surface area contributed by atoms with Crippen LogP contribution in [0.2, 0.25) is 0 Å². The highest BCUT2D eigenvalue weighted by Gasteiger charge is 1.96. The van der Waals surface area contributed by atoms with Gasteiger partial charge in [-0.3, -0.25) is 0 Å². The minimum Gasteiger partial charge on any atom is -0.389 e. The van der Waals surface area contributed by atoms with Gasteiger partial charge in [0.05, 0.1) is 6.20 Å². The molecule has 72 valence electrons. The molecule has 0 fully saturated rings. The van der Waals surface area contributed by atoms with Gasteiger partial charge < -0.3 is 11.1 Å². The van der Waals surface area contributed by atoms with Crippen molar-refractivity contribution in [3.8, 4) is 0 Å². The molecule has 1 rings (SSSR count). The fourth-order valence-corrected chi connectivity index (χ4v) is 1.95. The molecule has 3 N–H and O–H groups in total. The zero-order chi connectivity index (χ0) is 9.52. The first-order valence-electron chi connectivity index (χ1n) is 3.96. The van der Waals surface area contributed by atoms with Crippen molar-refractivity contribution in [2.45, 2.75) is 0 Å². The average Bonchev–Trinajstić information content (AvgIpc) is 2.51. The molecule has 0 saturated heterocycles. The maximum absolute atomic E-state index is 5.53. The van der Waals surface area contributed by atoms with Gasteiger partial charge in [0.25, 0.3) is 0 Å². The van der Waals surface area contributed by atoms with Gasteiger partial charge >= 0.3 is 0 Å². The molecule has 13 heavy (non-hydrogen) atoms. The summed E-state index contributed by atoms with van der Waals surface area (Å²) in [4.78, 5) is 4.09. The molecule has 0 spiro atoms. The van der Waals surface area contributed by atoms with Gasteiger partial charge in [-0.25, -0.2) is 4.98 Å². The Morgan fingerprint density at radius 3 is 3.23 bits per heavy atom. The average molecular weight is 215 g/mol. The lowest BCUT2D eigenvalue weighted by atomic mass is 10.7. The summed E-state index contributed by atoms with van der Waals surface area (Å²) in [6.45, 7) is 4.57. The molecular formula is C8H13N3S2. The van der Waals surface area contributed by atoms with E-state index in [4.69, 9.17) is 5.73 Å². The Kier molecular flexibility index (Phi) is 4.70. The van der Waals surface area contributed by atoms with Crippen molar-refractivity contribution >= 4 is 33.2 Å². The van der Waals surface area contributed by atoms with Crippen molar-refractivity contribution in [1.29, 1.82) is 0 Å². The number of anilines is 2. The molecule has 0 amide bonds. The predicted octanol–water partition coefficient (Wildman–Crippen LogP) is 2.06. The van der Waals surface area contributed by atoms with E-state index in [9.17, 15) is 0 Å². The van der Waals surface area contributed by atoms with E-state index in [1.807, 2.05) is 17.8 Å². The maximum Gasteiger partial charge on any atom is 0.184 e. The van der Waals surface area contributed by atoms with E-state index in [0.717, 1.165) is 28.2 Å². The van der Waals surface area contributed by atoms with Crippen molar-refractivity contribution in [1.82, 2.24) is 4.98 Å². The van der Waals surface area contributed by atoms with Gasteiger partial charge in [-0.05, 0) is 0 Å². The van der Waals surface area contributed by atoms with Crippen LogP contribution < -0.4 is 11.1 Å². The van der Waals surface area contributed by atoms with Crippen LogP contribution in [0.5, 0.6) is 0 Å². The van der Waals surface area contributed by atoms with Gasteiger partial charge in [-0.1, -0.05) is 17.4 Å². The number of nitrogens with one attached hydrogen (secondary N) is 1. The van der Waals surface area contributed by atoms with Crippen LogP contribution in [0.3, 0.4) is 0 Å². The minimum atomic E-state index is 0.751. The minimum absolute atomic E-state index is 0.751. The van der Waals surface area contributed by atoms with Crippen molar-refractivity contribution in [3.63, 3.8) is 0 Å². The fourth-order valence-electron chi connectivity index (χ4n) is 0.765. The summed E-state index contributed by atoms with van der Waals surface area (Å²) in [5, 5.41) is 4.85. The third kappa shape index (κ3) is 4.19. The number of thioether (sulfide) groups is 1. The van der Waals surface area contributed by atoms with Crippen molar-refractivity contribution < 1.29 is 0 Å². The third-order valence-electron chi connectivity index (χ3n) is 1.28. The lowest BCUT2D eigenvalue weighted by Gasteiger charge is -2.00. The topological polar surface area (TPSA) is 50.9 Å². The van der Waals surface area contributed by atoms with Crippen molar-refractivity contribution in [3.05, 3.63) is 18.9 Å². The highest BCUT2D eigenvalue weighted by molar-refractivity contribution is 7.99. The van der Waals surface area contributed by atoms with Gasteiger partial charge in [0.1, 0.15) is 5.00 Å². The second kappa shape index (κ2) is 5.88. The lowest BCUT2D eigenvalue weighted by molar-refractivity contribution is 1.20. The predicted molar refractivity (Wildman–Crippen MR) is 62.5 cm³/mol. The van der Waals surface area contributed by atoms with E-state index in [-0.39, 0.29) is 0 Å². The van der Waals surface area contributed by atoms with Gasteiger partial charge in [0, 0.05) is 18.1 Å². The molecule has 0 aliphatic rings. The highest BCUT2D eigenvalue weighted by Crippen LogP contribution is 2.19.